The largest absolute Gasteiger partial charge is 0.359 e. The molecule has 0 saturated heterocycles. The Balaban J connectivity index is 1.73. The molecule has 3 fully saturated rings. The summed E-state index contributed by atoms with van der Waals surface area (Å²) in [7, 11) is 0. The summed E-state index contributed by atoms with van der Waals surface area (Å²) < 4.78 is 0. The van der Waals surface area contributed by atoms with E-state index in [0.717, 1.165) is 37.7 Å². The maximum atomic E-state index is 12.4. The molecule has 4 aliphatic carbocycles. The second-order valence-electron chi connectivity index (χ2n) is 8.78. The Morgan fingerprint density at radius 1 is 1.00 bits per heavy atom. The van der Waals surface area contributed by atoms with Crippen molar-refractivity contribution in [2.45, 2.75) is 64.6 Å². The number of allylic oxidation sites excluding steroid dienone is 1. The van der Waals surface area contributed by atoms with E-state index in [9.17, 15) is 19.8 Å². The monoisotopic (exact) mass is 318 g/mol. The average molecular weight is 318 g/mol. The second-order valence-corrected chi connectivity index (χ2v) is 8.78. The molecule has 5 atom stereocenters. The van der Waals surface area contributed by atoms with Crippen molar-refractivity contribution in [3.63, 3.8) is 0 Å². The van der Waals surface area contributed by atoms with E-state index >= 15 is 0 Å². The Morgan fingerprint density at radius 3 is 2.43 bits per heavy atom. The highest BCUT2D eigenvalue weighted by Crippen LogP contribution is 2.64. The number of rotatable bonds is 0. The third-order valence-corrected chi connectivity index (χ3v) is 7.76. The van der Waals surface area contributed by atoms with Crippen LogP contribution in [-0.2, 0) is 9.59 Å². The van der Waals surface area contributed by atoms with E-state index in [-0.39, 0.29) is 17.3 Å². The molecule has 0 aromatic heterocycles. The number of ketones is 2. The molecular weight excluding hydrogens is 292 g/mol. The average Bonchev–Trinajstić information content (AvgIpc) is 2.76. The Bertz CT molecular complexity index is 619. The van der Waals surface area contributed by atoms with Gasteiger partial charge >= 0.3 is 0 Å². The van der Waals surface area contributed by atoms with Crippen LogP contribution in [0.3, 0.4) is 0 Å². The summed E-state index contributed by atoms with van der Waals surface area (Å²) in [5.74, 6) is -1.14. The number of fused-ring (bicyclic) bond motifs is 5. The van der Waals surface area contributed by atoms with Crippen molar-refractivity contribution in [2.24, 2.45) is 28.6 Å². The summed E-state index contributed by atoms with van der Waals surface area (Å²) in [6.45, 7) is 4.24. The first-order valence-corrected chi connectivity index (χ1v) is 8.92. The van der Waals surface area contributed by atoms with Gasteiger partial charge < -0.3 is 10.2 Å². The Morgan fingerprint density at radius 2 is 1.70 bits per heavy atom. The minimum absolute atomic E-state index is 0.100. The van der Waals surface area contributed by atoms with Gasteiger partial charge in [-0.15, -0.1) is 0 Å². The molecule has 0 unspecified atom stereocenters. The van der Waals surface area contributed by atoms with Gasteiger partial charge in [-0.05, 0) is 61.3 Å². The first-order valence-electron chi connectivity index (χ1n) is 8.92. The molecule has 4 rings (SSSR count). The standard InChI is InChI=1S/C19H26O4/c1-17-8-7-14-12(13(17)5-6-15(17)20)4-3-11-9-16(21)19(22,23)10-18(11,14)2/h9,12-14,22-23H,3-8,10H2,1-2H3/t12-,13-,14-,17-,18-/m0/s1. The molecular formula is C19H26O4. The number of aliphatic hydroxyl groups is 2. The van der Waals surface area contributed by atoms with Crippen molar-refractivity contribution < 1.29 is 19.8 Å². The molecule has 4 nitrogen and oxygen atoms in total. The lowest BCUT2D eigenvalue weighted by atomic mass is 9.47. The summed E-state index contributed by atoms with van der Waals surface area (Å²) in [5.41, 5.74) is 0.599. The highest BCUT2D eigenvalue weighted by molar-refractivity contribution is 5.97. The molecule has 4 aliphatic rings. The van der Waals surface area contributed by atoms with Gasteiger partial charge in [0.25, 0.3) is 0 Å². The van der Waals surface area contributed by atoms with E-state index in [1.165, 1.54) is 6.08 Å². The topological polar surface area (TPSA) is 74.6 Å². The van der Waals surface area contributed by atoms with Crippen LogP contribution >= 0.6 is 0 Å². The Hall–Kier alpha value is -1.00. The minimum atomic E-state index is -2.23. The van der Waals surface area contributed by atoms with E-state index in [4.69, 9.17) is 0 Å². The number of carbonyl (C=O) groups excluding carboxylic acids is 2. The third-order valence-electron chi connectivity index (χ3n) is 7.76. The van der Waals surface area contributed by atoms with Crippen molar-refractivity contribution >= 4 is 11.6 Å². The zero-order valence-electron chi connectivity index (χ0n) is 14.0. The maximum absolute atomic E-state index is 12.4. The van der Waals surface area contributed by atoms with E-state index in [1.54, 1.807) is 0 Å². The molecule has 0 aliphatic heterocycles. The van der Waals surface area contributed by atoms with Gasteiger partial charge in [0.2, 0.25) is 11.6 Å². The number of carbonyl (C=O) groups is 2. The molecule has 2 N–H and O–H groups in total. The zero-order chi connectivity index (χ0) is 16.6. The van der Waals surface area contributed by atoms with Crippen LogP contribution in [-0.4, -0.2) is 27.6 Å². The van der Waals surface area contributed by atoms with Gasteiger partial charge in [-0.25, -0.2) is 0 Å². The fraction of sp³-hybridized carbons (Fsp3) is 0.789. The fourth-order valence-electron chi connectivity index (χ4n) is 6.45. The lowest BCUT2D eigenvalue weighted by Gasteiger charge is -2.57. The van der Waals surface area contributed by atoms with Crippen molar-refractivity contribution in [2.75, 3.05) is 0 Å². The van der Waals surface area contributed by atoms with Crippen LogP contribution in [0.1, 0.15) is 58.8 Å². The summed E-state index contributed by atoms with van der Waals surface area (Å²) in [6.07, 6.45) is 6.99. The van der Waals surface area contributed by atoms with Gasteiger partial charge in [0, 0.05) is 18.3 Å². The summed E-state index contributed by atoms with van der Waals surface area (Å²) in [5, 5.41) is 20.2. The predicted molar refractivity (Wildman–Crippen MR) is 84.3 cm³/mol. The summed E-state index contributed by atoms with van der Waals surface area (Å²) in [6, 6.07) is 0. The number of Topliss-reactive ketones (excluding diaryl/α,β-unsaturated/α-hetero) is 1. The smallest absolute Gasteiger partial charge is 0.228 e. The normalized spacial score (nSPS) is 48.3. The molecule has 0 amide bonds. The molecule has 0 aromatic rings. The van der Waals surface area contributed by atoms with Crippen LogP contribution in [0.4, 0.5) is 0 Å². The van der Waals surface area contributed by atoms with Crippen molar-refractivity contribution in [3.8, 4) is 0 Å². The van der Waals surface area contributed by atoms with Crippen LogP contribution in [0, 0.1) is 28.6 Å². The molecule has 0 radical (unpaired) electrons. The van der Waals surface area contributed by atoms with Crippen molar-refractivity contribution in [3.05, 3.63) is 11.6 Å². The highest BCUT2D eigenvalue weighted by Gasteiger charge is 2.61. The molecule has 0 heterocycles. The Kier molecular flexibility index (Phi) is 3.07. The molecule has 0 bridgehead atoms. The van der Waals surface area contributed by atoms with Gasteiger partial charge in [-0.1, -0.05) is 19.4 Å². The van der Waals surface area contributed by atoms with E-state index in [1.807, 2.05) is 0 Å². The molecule has 3 saturated carbocycles. The number of hydrogen-bond donors (Lipinski definition) is 2. The Labute approximate surface area is 137 Å². The molecule has 23 heavy (non-hydrogen) atoms. The van der Waals surface area contributed by atoms with Gasteiger partial charge in [-0.2, -0.15) is 0 Å². The summed E-state index contributed by atoms with van der Waals surface area (Å²) >= 11 is 0. The van der Waals surface area contributed by atoms with Crippen molar-refractivity contribution in [1.82, 2.24) is 0 Å². The fourth-order valence-corrected chi connectivity index (χ4v) is 6.45. The van der Waals surface area contributed by atoms with E-state index in [2.05, 4.69) is 13.8 Å². The quantitative estimate of drug-likeness (QED) is 0.673. The molecule has 0 spiro atoms. The summed E-state index contributed by atoms with van der Waals surface area (Å²) in [4.78, 5) is 24.3. The van der Waals surface area contributed by atoms with Crippen LogP contribution in [0.25, 0.3) is 0 Å². The highest BCUT2D eigenvalue weighted by atomic mass is 16.5. The van der Waals surface area contributed by atoms with Crippen molar-refractivity contribution in [1.29, 1.82) is 0 Å². The van der Waals surface area contributed by atoms with Crippen LogP contribution in [0.15, 0.2) is 11.6 Å². The molecule has 4 heteroatoms. The van der Waals surface area contributed by atoms with Gasteiger partial charge in [-0.3, -0.25) is 9.59 Å². The van der Waals surface area contributed by atoms with Crippen LogP contribution in [0.2, 0.25) is 0 Å². The lowest BCUT2D eigenvalue weighted by molar-refractivity contribution is -0.199. The maximum Gasteiger partial charge on any atom is 0.228 e. The van der Waals surface area contributed by atoms with Crippen LogP contribution < -0.4 is 0 Å². The van der Waals surface area contributed by atoms with E-state index < -0.39 is 11.6 Å². The second kappa shape index (κ2) is 4.54. The van der Waals surface area contributed by atoms with Crippen LogP contribution in [0.5, 0.6) is 0 Å². The first kappa shape index (κ1) is 15.5. The van der Waals surface area contributed by atoms with Gasteiger partial charge in [0.1, 0.15) is 5.78 Å². The lowest BCUT2D eigenvalue weighted by Crippen LogP contribution is -2.55. The number of hydrogen-bond acceptors (Lipinski definition) is 4. The predicted octanol–water partition coefficient (Wildman–Crippen LogP) is 2.38. The van der Waals surface area contributed by atoms with E-state index in [0.29, 0.717) is 30.0 Å². The molecule has 126 valence electrons. The molecule has 0 aromatic carbocycles. The first-order chi connectivity index (χ1) is 10.7. The van der Waals surface area contributed by atoms with Gasteiger partial charge in [0.05, 0.1) is 0 Å². The van der Waals surface area contributed by atoms with Gasteiger partial charge in [0.15, 0.2) is 0 Å². The third kappa shape index (κ3) is 1.91. The minimum Gasteiger partial charge on any atom is -0.359 e. The zero-order valence-corrected chi connectivity index (χ0v) is 14.0. The SMILES string of the molecule is C[C@]12CC(O)(O)C(=O)C=C1CC[C@@H]1[C@@H]2CC[C@]2(C)C(=O)CC[C@@H]12.